The smallest absolute Gasteiger partial charge is 0.315 e. The van der Waals surface area contributed by atoms with Gasteiger partial charge < -0.3 is 14.9 Å². The van der Waals surface area contributed by atoms with Gasteiger partial charge in [-0.15, -0.1) is 0 Å². The Balaban J connectivity index is 1.77. The van der Waals surface area contributed by atoms with E-state index >= 15 is 0 Å². The van der Waals surface area contributed by atoms with Gasteiger partial charge in [-0.1, -0.05) is 36.4 Å². The first-order valence-corrected chi connectivity index (χ1v) is 8.51. The molecule has 0 aromatic heterocycles. The molecular weight excluding hydrogens is 318 g/mol. The van der Waals surface area contributed by atoms with Crippen LogP contribution in [-0.4, -0.2) is 40.8 Å². The number of ether oxygens (including phenoxy) is 1. The second-order valence-corrected chi connectivity index (χ2v) is 6.44. The number of rotatable bonds is 6. The van der Waals surface area contributed by atoms with Gasteiger partial charge in [0.25, 0.3) is 0 Å². The van der Waals surface area contributed by atoms with E-state index in [9.17, 15) is 15.0 Å². The lowest BCUT2D eigenvalue weighted by Crippen LogP contribution is -2.38. The van der Waals surface area contributed by atoms with Crippen LogP contribution in [0.15, 0.2) is 48.5 Å². The number of aliphatic carboxylic acids is 1. The number of phenols is 1. The monoisotopic (exact) mass is 341 g/mol. The molecule has 132 valence electrons. The SMILES string of the molecule is CCOc1ccc(CN2CCC(C(=O)O)(c3ccccc3)C2)c(O)c1. The van der Waals surface area contributed by atoms with E-state index in [-0.39, 0.29) is 5.75 Å². The molecule has 5 heteroatoms. The third-order valence-corrected chi connectivity index (χ3v) is 4.85. The minimum absolute atomic E-state index is 0.179. The Morgan fingerprint density at radius 1 is 1.24 bits per heavy atom. The Labute approximate surface area is 147 Å². The van der Waals surface area contributed by atoms with Gasteiger partial charge in [-0.2, -0.15) is 0 Å². The van der Waals surface area contributed by atoms with Crippen molar-refractivity contribution in [3.05, 3.63) is 59.7 Å². The van der Waals surface area contributed by atoms with Crippen molar-refractivity contribution in [1.82, 2.24) is 4.90 Å². The average Bonchev–Trinajstić information content (AvgIpc) is 3.04. The Hall–Kier alpha value is -2.53. The van der Waals surface area contributed by atoms with Crippen molar-refractivity contribution in [3.63, 3.8) is 0 Å². The van der Waals surface area contributed by atoms with Gasteiger partial charge in [-0.3, -0.25) is 9.69 Å². The zero-order valence-corrected chi connectivity index (χ0v) is 14.3. The molecule has 0 bridgehead atoms. The van der Waals surface area contributed by atoms with E-state index in [0.717, 1.165) is 11.1 Å². The fourth-order valence-electron chi connectivity index (χ4n) is 3.49. The molecule has 3 rings (SSSR count). The normalized spacial score (nSPS) is 20.5. The molecule has 1 aliphatic heterocycles. The summed E-state index contributed by atoms with van der Waals surface area (Å²) in [7, 11) is 0. The molecule has 0 amide bonds. The number of nitrogens with zero attached hydrogens (tertiary/aromatic N) is 1. The van der Waals surface area contributed by atoms with Gasteiger partial charge >= 0.3 is 5.97 Å². The van der Waals surface area contributed by atoms with E-state index in [1.807, 2.05) is 49.4 Å². The van der Waals surface area contributed by atoms with Crippen LogP contribution in [0.3, 0.4) is 0 Å². The second-order valence-electron chi connectivity index (χ2n) is 6.44. The Morgan fingerprint density at radius 2 is 2.00 bits per heavy atom. The van der Waals surface area contributed by atoms with Crippen LogP contribution in [0.5, 0.6) is 11.5 Å². The number of hydrogen-bond acceptors (Lipinski definition) is 4. The average molecular weight is 341 g/mol. The minimum atomic E-state index is -0.887. The highest BCUT2D eigenvalue weighted by Gasteiger charge is 2.46. The van der Waals surface area contributed by atoms with Crippen molar-refractivity contribution in [1.29, 1.82) is 0 Å². The summed E-state index contributed by atoms with van der Waals surface area (Å²) in [5.41, 5.74) is 0.723. The van der Waals surface area contributed by atoms with E-state index in [0.29, 0.717) is 38.4 Å². The Morgan fingerprint density at radius 3 is 2.64 bits per heavy atom. The number of likely N-dealkylation sites (tertiary alicyclic amines) is 1. The molecule has 1 atom stereocenters. The van der Waals surface area contributed by atoms with Crippen LogP contribution in [-0.2, 0) is 16.8 Å². The van der Waals surface area contributed by atoms with E-state index in [2.05, 4.69) is 4.90 Å². The summed E-state index contributed by atoms with van der Waals surface area (Å²) < 4.78 is 5.38. The van der Waals surface area contributed by atoms with Crippen LogP contribution < -0.4 is 4.74 Å². The first-order chi connectivity index (χ1) is 12.0. The molecule has 1 unspecified atom stereocenters. The first kappa shape index (κ1) is 17.3. The van der Waals surface area contributed by atoms with E-state index in [4.69, 9.17) is 4.74 Å². The summed E-state index contributed by atoms with van der Waals surface area (Å²) in [6.07, 6.45) is 0.560. The standard InChI is InChI=1S/C20H23NO4/c1-2-25-17-9-8-15(18(22)12-17)13-21-11-10-20(14-21,19(23)24)16-6-4-3-5-7-16/h3-9,12,22H,2,10-11,13-14H2,1H3,(H,23,24). The summed E-state index contributed by atoms with van der Waals surface area (Å²) >= 11 is 0. The van der Waals surface area contributed by atoms with E-state index < -0.39 is 11.4 Å². The lowest BCUT2D eigenvalue weighted by Gasteiger charge is -2.25. The van der Waals surface area contributed by atoms with Crippen molar-refractivity contribution >= 4 is 5.97 Å². The number of benzene rings is 2. The Kier molecular flexibility index (Phi) is 4.95. The van der Waals surface area contributed by atoms with Crippen molar-refractivity contribution in [2.75, 3.05) is 19.7 Å². The highest BCUT2D eigenvalue weighted by Crippen LogP contribution is 2.36. The Bertz CT molecular complexity index is 747. The molecule has 1 heterocycles. The quantitative estimate of drug-likeness (QED) is 0.845. The largest absolute Gasteiger partial charge is 0.507 e. The topological polar surface area (TPSA) is 70.0 Å². The molecule has 1 aliphatic rings. The van der Waals surface area contributed by atoms with Crippen LogP contribution >= 0.6 is 0 Å². The zero-order valence-electron chi connectivity index (χ0n) is 14.3. The van der Waals surface area contributed by atoms with E-state index in [1.54, 1.807) is 6.07 Å². The lowest BCUT2D eigenvalue weighted by atomic mass is 9.80. The van der Waals surface area contributed by atoms with Gasteiger partial charge in [0, 0.05) is 31.3 Å². The number of carboxylic acid groups (broad SMARTS) is 1. The number of aromatic hydroxyl groups is 1. The molecular formula is C20H23NO4. The van der Waals surface area contributed by atoms with Gasteiger partial charge in [0.15, 0.2) is 0 Å². The number of hydrogen-bond donors (Lipinski definition) is 2. The van der Waals surface area contributed by atoms with E-state index in [1.165, 1.54) is 0 Å². The molecule has 2 aromatic rings. The summed E-state index contributed by atoms with van der Waals surface area (Å²) in [5.74, 6) is 0.0185. The fourth-order valence-corrected chi connectivity index (χ4v) is 3.49. The molecule has 5 nitrogen and oxygen atoms in total. The molecule has 0 radical (unpaired) electrons. The molecule has 2 N–H and O–H groups in total. The fraction of sp³-hybridized carbons (Fsp3) is 0.350. The van der Waals surface area contributed by atoms with Gasteiger partial charge in [0.05, 0.1) is 6.61 Å². The summed E-state index contributed by atoms with van der Waals surface area (Å²) in [6, 6.07) is 14.7. The minimum Gasteiger partial charge on any atom is -0.507 e. The number of carbonyl (C=O) groups is 1. The second kappa shape index (κ2) is 7.15. The molecule has 1 saturated heterocycles. The lowest BCUT2D eigenvalue weighted by molar-refractivity contribution is -0.143. The first-order valence-electron chi connectivity index (χ1n) is 8.51. The van der Waals surface area contributed by atoms with Crippen LogP contribution in [0, 0.1) is 0 Å². The molecule has 0 saturated carbocycles. The predicted molar refractivity (Wildman–Crippen MR) is 94.9 cm³/mol. The maximum absolute atomic E-state index is 12.0. The molecule has 0 aliphatic carbocycles. The molecule has 2 aromatic carbocycles. The van der Waals surface area contributed by atoms with Crippen LogP contribution in [0.2, 0.25) is 0 Å². The van der Waals surface area contributed by atoms with Crippen molar-refractivity contribution in [2.45, 2.75) is 25.3 Å². The zero-order chi connectivity index (χ0) is 17.9. The summed E-state index contributed by atoms with van der Waals surface area (Å²) in [6.45, 7) is 4.06. The number of phenolic OH excluding ortho intramolecular Hbond substituents is 1. The molecule has 0 spiro atoms. The third-order valence-electron chi connectivity index (χ3n) is 4.85. The predicted octanol–water partition coefficient (Wildman–Crippen LogP) is 3.02. The van der Waals surface area contributed by atoms with Gasteiger partial charge in [-0.25, -0.2) is 0 Å². The van der Waals surface area contributed by atoms with Crippen LogP contribution in [0.1, 0.15) is 24.5 Å². The third kappa shape index (κ3) is 3.46. The summed E-state index contributed by atoms with van der Waals surface area (Å²) in [5, 5.41) is 20.1. The highest BCUT2D eigenvalue weighted by molar-refractivity contribution is 5.82. The number of carboxylic acids is 1. The summed E-state index contributed by atoms with van der Waals surface area (Å²) in [4.78, 5) is 14.1. The van der Waals surface area contributed by atoms with Crippen LogP contribution in [0.25, 0.3) is 0 Å². The van der Waals surface area contributed by atoms with Crippen molar-refractivity contribution < 1.29 is 19.7 Å². The maximum atomic E-state index is 12.0. The van der Waals surface area contributed by atoms with Crippen LogP contribution in [0.4, 0.5) is 0 Å². The molecule has 25 heavy (non-hydrogen) atoms. The maximum Gasteiger partial charge on any atom is 0.315 e. The van der Waals surface area contributed by atoms with Crippen molar-refractivity contribution in [3.8, 4) is 11.5 Å². The van der Waals surface area contributed by atoms with Gasteiger partial charge in [0.2, 0.25) is 0 Å². The molecule has 1 fully saturated rings. The van der Waals surface area contributed by atoms with Crippen molar-refractivity contribution in [2.24, 2.45) is 0 Å². The highest BCUT2D eigenvalue weighted by atomic mass is 16.5. The van der Waals surface area contributed by atoms with Gasteiger partial charge in [0.1, 0.15) is 16.9 Å². The van der Waals surface area contributed by atoms with Gasteiger partial charge in [-0.05, 0) is 25.0 Å².